The summed E-state index contributed by atoms with van der Waals surface area (Å²) < 4.78 is 1.56. The molecule has 0 aromatic carbocycles. The number of aromatic nitrogens is 3. The van der Waals surface area contributed by atoms with E-state index in [4.69, 9.17) is 11.5 Å². The highest BCUT2D eigenvalue weighted by Crippen LogP contribution is 2.33. The van der Waals surface area contributed by atoms with Crippen LogP contribution >= 0.6 is 34.9 Å². The lowest BCUT2D eigenvalue weighted by Crippen LogP contribution is -2.13. The summed E-state index contributed by atoms with van der Waals surface area (Å²) >= 11 is 4.20. The van der Waals surface area contributed by atoms with Gasteiger partial charge in [0.25, 0.3) is 5.91 Å². The number of rotatable bonds is 4. The second-order valence-electron chi connectivity index (χ2n) is 3.13. The first-order valence-electron chi connectivity index (χ1n) is 4.71. The number of carbonyl (C=O) groups is 1. The van der Waals surface area contributed by atoms with Gasteiger partial charge >= 0.3 is 0 Å². The summed E-state index contributed by atoms with van der Waals surface area (Å²) in [6.45, 7) is 0. The van der Waals surface area contributed by atoms with E-state index in [0.717, 1.165) is 4.34 Å². The molecule has 9 heteroatoms. The normalized spacial score (nSPS) is 10.5. The fraction of sp³-hybridized carbons (Fsp3) is 0.111. The number of primary amides is 1. The maximum Gasteiger partial charge on any atom is 0.251 e. The van der Waals surface area contributed by atoms with Crippen molar-refractivity contribution in [2.45, 2.75) is 13.7 Å². The van der Waals surface area contributed by atoms with Crippen LogP contribution in [-0.4, -0.2) is 27.3 Å². The third kappa shape index (κ3) is 2.92. The van der Waals surface area contributed by atoms with E-state index in [0.29, 0.717) is 20.6 Å². The van der Waals surface area contributed by atoms with Crippen molar-refractivity contribution in [3.05, 3.63) is 17.8 Å². The molecule has 0 saturated heterocycles. The second kappa shape index (κ2) is 5.55. The van der Waals surface area contributed by atoms with Gasteiger partial charge in [0.2, 0.25) is 0 Å². The van der Waals surface area contributed by atoms with Crippen LogP contribution in [0.15, 0.2) is 26.0 Å². The summed E-state index contributed by atoms with van der Waals surface area (Å²) in [5.41, 5.74) is 11.6. The lowest BCUT2D eigenvalue weighted by molar-refractivity contribution is 0.0997. The van der Waals surface area contributed by atoms with E-state index in [-0.39, 0.29) is 0 Å². The lowest BCUT2D eigenvalue weighted by atomic mass is 10.2. The molecule has 0 saturated carbocycles. The molecular formula is C9H9N5OS3. The second-order valence-corrected chi connectivity index (χ2v) is 6.39. The van der Waals surface area contributed by atoms with E-state index in [1.165, 1.54) is 47.1 Å². The van der Waals surface area contributed by atoms with Crippen molar-refractivity contribution >= 4 is 46.5 Å². The van der Waals surface area contributed by atoms with E-state index in [2.05, 4.69) is 15.2 Å². The number of anilines is 1. The van der Waals surface area contributed by atoms with E-state index in [9.17, 15) is 4.79 Å². The van der Waals surface area contributed by atoms with E-state index >= 15 is 0 Å². The number of hydrogen-bond donors (Lipinski definition) is 2. The highest BCUT2D eigenvalue weighted by Gasteiger charge is 2.14. The Kier molecular flexibility index (Phi) is 4.04. The lowest BCUT2D eigenvalue weighted by Gasteiger charge is -2.03. The van der Waals surface area contributed by atoms with Crippen LogP contribution in [0.25, 0.3) is 0 Å². The molecule has 0 radical (unpaired) electrons. The Morgan fingerprint density at radius 3 is 2.72 bits per heavy atom. The maximum absolute atomic E-state index is 11.3. The Morgan fingerprint density at radius 1 is 1.39 bits per heavy atom. The molecule has 2 aromatic rings. The van der Waals surface area contributed by atoms with Gasteiger partial charge in [0.15, 0.2) is 8.68 Å². The molecule has 0 aliphatic carbocycles. The molecule has 2 heterocycles. The number of amides is 1. The molecule has 4 N–H and O–H groups in total. The molecule has 6 nitrogen and oxygen atoms in total. The number of nitrogens with two attached hydrogens (primary N) is 2. The molecule has 1 amide bonds. The zero-order valence-electron chi connectivity index (χ0n) is 9.28. The molecule has 0 unspecified atom stereocenters. The van der Waals surface area contributed by atoms with E-state index in [1.807, 2.05) is 6.26 Å². The predicted octanol–water partition coefficient (Wildman–Crippen LogP) is 1.49. The molecule has 94 valence electrons. The number of hydrogen-bond acceptors (Lipinski definition) is 8. The first-order chi connectivity index (χ1) is 8.60. The van der Waals surface area contributed by atoms with E-state index in [1.54, 1.807) is 0 Å². The predicted molar refractivity (Wildman–Crippen MR) is 73.0 cm³/mol. The number of nitrogen functional groups attached to an aromatic ring is 1. The summed E-state index contributed by atoms with van der Waals surface area (Å²) in [6.07, 6.45) is 3.40. The van der Waals surface area contributed by atoms with Crippen LogP contribution in [0.4, 0.5) is 5.69 Å². The summed E-state index contributed by atoms with van der Waals surface area (Å²) in [5, 5.41) is 8.44. The van der Waals surface area contributed by atoms with Crippen molar-refractivity contribution in [3.8, 4) is 0 Å². The number of thioether (sulfide) groups is 1. The van der Waals surface area contributed by atoms with Gasteiger partial charge in [-0.15, -0.1) is 10.2 Å². The van der Waals surface area contributed by atoms with Crippen LogP contribution in [0, 0.1) is 0 Å². The minimum Gasteiger partial charge on any atom is -0.397 e. The van der Waals surface area contributed by atoms with Crippen molar-refractivity contribution in [2.24, 2.45) is 5.73 Å². The minimum atomic E-state index is -0.563. The van der Waals surface area contributed by atoms with Crippen molar-refractivity contribution in [2.75, 3.05) is 12.0 Å². The molecule has 18 heavy (non-hydrogen) atoms. The molecular weight excluding hydrogens is 290 g/mol. The Morgan fingerprint density at radius 2 is 2.11 bits per heavy atom. The fourth-order valence-corrected chi connectivity index (χ4v) is 3.56. The van der Waals surface area contributed by atoms with Crippen molar-refractivity contribution in [3.63, 3.8) is 0 Å². The third-order valence-electron chi connectivity index (χ3n) is 1.88. The number of carbonyl (C=O) groups excluding carboxylic acids is 1. The van der Waals surface area contributed by atoms with Crippen LogP contribution in [-0.2, 0) is 0 Å². The first-order valence-corrected chi connectivity index (χ1v) is 7.56. The highest BCUT2D eigenvalue weighted by atomic mass is 32.2. The zero-order chi connectivity index (χ0) is 13.1. The molecule has 0 bridgehead atoms. The van der Waals surface area contributed by atoms with Crippen LogP contribution in [0.3, 0.4) is 0 Å². The van der Waals surface area contributed by atoms with Gasteiger partial charge in [0.05, 0.1) is 17.4 Å². The van der Waals surface area contributed by atoms with Crippen LogP contribution < -0.4 is 11.5 Å². The number of pyridine rings is 1. The Bertz CT molecular complexity index is 585. The van der Waals surface area contributed by atoms with Gasteiger partial charge in [0, 0.05) is 0 Å². The largest absolute Gasteiger partial charge is 0.397 e. The molecule has 0 aliphatic rings. The van der Waals surface area contributed by atoms with Crippen molar-refractivity contribution in [1.29, 1.82) is 0 Å². The molecule has 0 atom stereocenters. The highest BCUT2D eigenvalue weighted by molar-refractivity contribution is 8.03. The molecule has 0 fully saturated rings. The third-order valence-corrected chi connectivity index (χ3v) is 4.85. The number of nitrogens with zero attached hydrogens (tertiary/aromatic N) is 3. The van der Waals surface area contributed by atoms with Crippen molar-refractivity contribution in [1.82, 2.24) is 15.2 Å². The average Bonchev–Trinajstić information content (AvgIpc) is 2.79. The summed E-state index contributed by atoms with van der Waals surface area (Å²) in [4.78, 5) is 15.4. The Hall–Kier alpha value is -1.32. The van der Waals surface area contributed by atoms with Gasteiger partial charge in [-0.2, -0.15) is 0 Å². The minimum absolute atomic E-state index is 0.293. The quantitative estimate of drug-likeness (QED) is 0.823. The van der Waals surface area contributed by atoms with Gasteiger partial charge in [-0.1, -0.05) is 23.1 Å². The van der Waals surface area contributed by atoms with Crippen molar-refractivity contribution < 1.29 is 4.79 Å². The Labute approximate surface area is 116 Å². The van der Waals surface area contributed by atoms with Gasteiger partial charge in [-0.3, -0.25) is 4.79 Å². The van der Waals surface area contributed by atoms with Gasteiger partial charge in [-0.05, 0) is 24.1 Å². The SMILES string of the molecule is CSc1nnc(Sc2ncc(N)cc2C(N)=O)s1. The molecule has 0 spiro atoms. The molecule has 2 aromatic heterocycles. The average molecular weight is 299 g/mol. The van der Waals surface area contributed by atoms with E-state index < -0.39 is 5.91 Å². The zero-order valence-corrected chi connectivity index (χ0v) is 11.7. The first kappa shape index (κ1) is 13.1. The summed E-state index contributed by atoms with van der Waals surface area (Å²) in [6, 6.07) is 1.51. The topological polar surface area (TPSA) is 108 Å². The Balaban J connectivity index is 2.30. The van der Waals surface area contributed by atoms with Gasteiger partial charge in [0.1, 0.15) is 5.03 Å². The molecule has 0 aliphatic heterocycles. The van der Waals surface area contributed by atoms with Crippen LogP contribution in [0.5, 0.6) is 0 Å². The fourth-order valence-electron chi connectivity index (χ4n) is 1.13. The summed E-state index contributed by atoms with van der Waals surface area (Å²) in [5.74, 6) is -0.563. The monoisotopic (exact) mass is 299 g/mol. The molecule has 2 rings (SSSR count). The van der Waals surface area contributed by atoms with Gasteiger partial charge in [-0.25, -0.2) is 4.98 Å². The van der Waals surface area contributed by atoms with Crippen LogP contribution in [0.1, 0.15) is 10.4 Å². The van der Waals surface area contributed by atoms with Crippen LogP contribution in [0.2, 0.25) is 0 Å². The summed E-state index contributed by atoms with van der Waals surface area (Å²) in [7, 11) is 0. The standard InChI is InChI=1S/C9H9N5OS3/c1-16-8-13-14-9(18-8)17-7-5(6(11)15)2-4(10)3-12-7/h2-3H,10H2,1H3,(H2,11,15). The maximum atomic E-state index is 11.3. The van der Waals surface area contributed by atoms with Gasteiger partial charge < -0.3 is 11.5 Å². The smallest absolute Gasteiger partial charge is 0.251 e.